The van der Waals surface area contributed by atoms with Crippen LogP contribution in [0.4, 0.5) is 5.69 Å². The second kappa shape index (κ2) is 6.27. The zero-order valence-electron chi connectivity index (χ0n) is 10.0. The summed E-state index contributed by atoms with van der Waals surface area (Å²) in [6.45, 7) is 4.12. The molecule has 17 heavy (non-hydrogen) atoms. The van der Waals surface area contributed by atoms with Crippen LogP contribution < -0.4 is 4.90 Å². The average Bonchev–Trinajstić information content (AvgIpc) is 2.33. The number of amides is 1. The van der Waals surface area contributed by atoms with Crippen LogP contribution in [0.15, 0.2) is 18.2 Å². The van der Waals surface area contributed by atoms with Crippen LogP contribution in [-0.4, -0.2) is 12.5 Å². The Labute approximate surface area is 107 Å². The molecule has 0 aliphatic carbocycles. The van der Waals surface area contributed by atoms with Crippen molar-refractivity contribution >= 4 is 23.2 Å². The Hall–Kier alpha value is -1.53. The number of halogens is 1. The highest BCUT2D eigenvalue weighted by Crippen LogP contribution is 2.23. The lowest BCUT2D eigenvalue weighted by Gasteiger charge is -2.21. The summed E-state index contributed by atoms with van der Waals surface area (Å²) in [5, 5.41) is 9.28. The number of aryl methyl sites for hydroxylation is 1. The molecule has 0 aromatic heterocycles. The smallest absolute Gasteiger partial charge is 0.226 e. The highest BCUT2D eigenvalue weighted by Gasteiger charge is 2.14. The van der Waals surface area contributed by atoms with Gasteiger partial charge in [0.05, 0.1) is 12.5 Å². The van der Waals surface area contributed by atoms with Gasteiger partial charge >= 0.3 is 0 Å². The van der Waals surface area contributed by atoms with E-state index in [-0.39, 0.29) is 5.91 Å². The summed E-state index contributed by atoms with van der Waals surface area (Å²) < 4.78 is 0. The third-order valence-corrected chi connectivity index (χ3v) is 2.93. The van der Waals surface area contributed by atoms with Crippen molar-refractivity contribution in [1.29, 1.82) is 5.26 Å². The number of benzene rings is 1. The molecule has 1 amide bonds. The molecule has 0 unspecified atom stereocenters. The van der Waals surface area contributed by atoms with Crippen LogP contribution in [0.3, 0.4) is 0 Å². The molecule has 0 bridgehead atoms. The van der Waals surface area contributed by atoms with Gasteiger partial charge in [0.25, 0.3) is 0 Å². The maximum atomic E-state index is 11.8. The molecule has 0 aliphatic heterocycles. The van der Waals surface area contributed by atoms with Crippen molar-refractivity contribution < 1.29 is 4.79 Å². The molecule has 0 spiro atoms. The monoisotopic (exact) mass is 250 g/mol. The number of hydrogen-bond donors (Lipinski definition) is 0. The number of anilines is 1. The maximum Gasteiger partial charge on any atom is 0.226 e. The van der Waals surface area contributed by atoms with Gasteiger partial charge in [0.1, 0.15) is 0 Å². The molecular formula is C13H15ClN2O. The van der Waals surface area contributed by atoms with Crippen LogP contribution >= 0.6 is 11.6 Å². The van der Waals surface area contributed by atoms with E-state index in [1.807, 2.05) is 19.9 Å². The van der Waals surface area contributed by atoms with Crippen LogP contribution in [0.25, 0.3) is 0 Å². The van der Waals surface area contributed by atoms with Crippen molar-refractivity contribution in [3.8, 4) is 6.07 Å². The lowest BCUT2D eigenvalue weighted by atomic mass is 10.2. The van der Waals surface area contributed by atoms with Gasteiger partial charge in [-0.25, -0.2) is 0 Å². The van der Waals surface area contributed by atoms with Crippen LogP contribution in [0.5, 0.6) is 0 Å². The predicted octanol–water partition coefficient (Wildman–Crippen LogP) is 3.31. The molecule has 4 heteroatoms. The average molecular weight is 251 g/mol. The number of carbonyl (C=O) groups excluding carboxylic acids is 1. The largest absolute Gasteiger partial charge is 0.311 e. The fourth-order valence-electron chi connectivity index (χ4n) is 1.55. The summed E-state index contributed by atoms with van der Waals surface area (Å²) in [6, 6.07) is 7.50. The third-order valence-electron chi connectivity index (χ3n) is 2.50. The first kappa shape index (κ1) is 13.5. The molecular weight excluding hydrogens is 236 g/mol. The van der Waals surface area contributed by atoms with E-state index in [1.165, 1.54) is 0 Å². The highest BCUT2D eigenvalue weighted by molar-refractivity contribution is 6.31. The van der Waals surface area contributed by atoms with Crippen LogP contribution in [0, 0.1) is 18.3 Å². The van der Waals surface area contributed by atoms with Gasteiger partial charge in [-0.15, -0.1) is 0 Å². The second-order valence-electron chi connectivity index (χ2n) is 3.74. The number of nitriles is 1. The quantitative estimate of drug-likeness (QED) is 0.823. The summed E-state index contributed by atoms with van der Waals surface area (Å²) in [4.78, 5) is 13.4. The third kappa shape index (κ3) is 3.47. The normalized spacial score (nSPS) is 9.76. The Morgan fingerprint density at radius 2 is 2.24 bits per heavy atom. The first-order chi connectivity index (χ1) is 8.10. The Morgan fingerprint density at radius 3 is 2.76 bits per heavy atom. The molecule has 1 aromatic rings. The van der Waals surface area contributed by atoms with Gasteiger partial charge < -0.3 is 4.90 Å². The molecule has 0 atom stereocenters. The van der Waals surface area contributed by atoms with Gasteiger partial charge in [-0.3, -0.25) is 4.79 Å². The molecule has 0 N–H and O–H groups in total. The first-order valence-corrected chi connectivity index (χ1v) is 5.91. The van der Waals surface area contributed by atoms with Gasteiger partial charge in [0, 0.05) is 23.7 Å². The number of rotatable bonds is 4. The topological polar surface area (TPSA) is 44.1 Å². The minimum absolute atomic E-state index is 0.0157. The zero-order valence-corrected chi connectivity index (χ0v) is 10.8. The summed E-state index contributed by atoms with van der Waals surface area (Å²) in [7, 11) is 0. The Kier molecular flexibility index (Phi) is 4.99. The first-order valence-electron chi connectivity index (χ1n) is 5.53. The number of hydrogen-bond acceptors (Lipinski definition) is 2. The summed E-state index contributed by atoms with van der Waals surface area (Å²) in [5.74, 6) is 0.0157. The summed E-state index contributed by atoms with van der Waals surface area (Å²) >= 11 is 5.95. The molecule has 90 valence electrons. The maximum absolute atomic E-state index is 11.8. The lowest BCUT2D eigenvalue weighted by molar-refractivity contribution is -0.118. The molecule has 3 nitrogen and oxygen atoms in total. The van der Waals surface area contributed by atoms with Gasteiger partial charge in [0.2, 0.25) is 5.91 Å². The van der Waals surface area contributed by atoms with E-state index in [2.05, 4.69) is 6.07 Å². The number of nitrogens with zero attached hydrogens (tertiary/aromatic N) is 2. The van der Waals surface area contributed by atoms with Crippen LogP contribution in [0.2, 0.25) is 5.02 Å². The molecule has 0 heterocycles. The van der Waals surface area contributed by atoms with Crippen molar-refractivity contribution in [3.05, 3.63) is 28.8 Å². The van der Waals surface area contributed by atoms with Gasteiger partial charge in [-0.2, -0.15) is 5.26 Å². The molecule has 0 saturated carbocycles. The zero-order chi connectivity index (χ0) is 12.8. The van der Waals surface area contributed by atoms with E-state index in [0.717, 1.165) is 11.3 Å². The van der Waals surface area contributed by atoms with Crippen molar-refractivity contribution in [2.24, 2.45) is 0 Å². The van der Waals surface area contributed by atoms with E-state index in [0.29, 0.717) is 24.4 Å². The van der Waals surface area contributed by atoms with Crippen molar-refractivity contribution in [2.45, 2.75) is 26.7 Å². The van der Waals surface area contributed by atoms with Gasteiger partial charge in [-0.1, -0.05) is 18.5 Å². The van der Waals surface area contributed by atoms with E-state index in [9.17, 15) is 4.79 Å². The van der Waals surface area contributed by atoms with Crippen LogP contribution in [-0.2, 0) is 4.79 Å². The van der Waals surface area contributed by atoms with E-state index < -0.39 is 0 Å². The van der Waals surface area contributed by atoms with Gasteiger partial charge in [0.15, 0.2) is 0 Å². The van der Waals surface area contributed by atoms with E-state index in [1.54, 1.807) is 17.0 Å². The SMILES string of the molecule is CCC(=O)N(CCC#N)c1ccc(Cl)c(C)c1. The molecule has 1 aromatic carbocycles. The standard InChI is InChI=1S/C13H15ClN2O/c1-3-13(17)16(8-4-7-15)11-5-6-12(14)10(2)9-11/h5-6,9H,3-4,8H2,1-2H3. The fraction of sp³-hybridized carbons (Fsp3) is 0.385. The van der Waals surface area contributed by atoms with Crippen LogP contribution in [0.1, 0.15) is 25.3 Å². The van der Waals surface area contributed by atoms with Crippen molar-refractivity contribution in [3.63, 3.8) is 0 Å². The van der Waals surface area contributed by atoms with Gasteiger partial charge in [-0.05, 0) is 30.7 Å². The lowest BCUT2D eigenvalue weighted by Crippen LogP contribution is -2.31. The van der Waals surface area contributed by atoms with Crippen molar-refractivity contribution in [1.82, 2.24) is 0 Å². The predicted molar refractivity (Wildman–Crippen MR) is 69.1 cm³/mol. The minimum atomic E-state index is 0.0157. The molecule has 0 fully saturated rings. The fourth-order valence-corrected chi connectivity index (χ4v) is 1.66. The Balaban J connectivity index is 3.00. The summed E-state index contributed by atoms with van der Waals surface area (Å²) in [6.07, 6.45) is 0.751. The molecule has 0 saturated heterocycles. The van der Waals surface area contributed by atoms with Crippen molar-refractivity contribution in [2.75, 3.05) is 11.4 Å². The highest BCUT2D eigenvalue weighted by atomic mass is 35.5. The summed E-state index contributed by atoms with van der Waals surface area (Å²) in [5.41, 5.74) is 1.73. The Morgan fingerprint density at radius 1 is 1.53 bits per heavy atom. The Bertz CT molecular complexity index is 451. The second-order valence-corrected chi connectivity index (χ2v) is 4.15. The van der Waals surface area contributed by atoms with E-state index in [4.69, 9.17) is 16.9 Å². The molecule has 0 radical (unpaired) electrons. The molecule has 0 aliphatic rings. The van der Waals surface area contributed by atoms with E-state index >= 15 is 0 Å². The molecule has 1 rings (SSSR count). The minimum Gasteiger partial charge on any atom is -0.311 e. The number of carbonyl (C=O) groups is 1.